The summed E-state index contributed by atoms with van der Waals surface area (Å²) in [6.07, 6.45) is 93.3. The Kier molecular flexibility index (Phi) is 73.1. The number of carbonyl (C=O) groups is 4. The molecule has 0 aromatic carbocycles. The minimum absolute atomic E-state index is 0.0127. The lowest BCUT2D eigenvalue weighted by Gasteiger charge is -2.21. The van der Waals surface area contributed by atoms with E-state index < -0.39 is 97.5 Å². The number of esters is 4. The minimum Gasteiger partial charge on any atom is -0.462 e. The van der Waals surface area contributed by atoms with Crippen molar-refractivity contribution in [3.63, 3.8) is 0 Å². The Morgan fingerprint density at radius 1 is 0.274 bits per heavy atom. The fourth-order valence-corrected chi connectivity index (χ4v) is 11.4. The highest BCUT2D eigenvalue weighted by Crippen LogP contribution is 2.45. The van der Waals surface area contributed by atoms with Gasteiger partial charge in [0.05, 0.1) is 26.4 Å². The molecule has 0 amide bonds. The van der Waals surface area contributed by atoms with Crippen molar-refractivity contribution in [2.45, 2.75) is 303 Å². The van der Waals surface area contributed by atoms with Gasteiger partial charge in [0, 0.05) is 25.7 Å². The molecule has 0 saturated heterocycles. The van der Waals surface area contributed by atoms with Gasteiger partial charge in [-0.3, -0.25) is 37.3 Å². The summed E-state index contributed by atoms with van der Waals surface area (Å²) in [6.45, 7) is 4.39. The molecule has 19 heteroatoms. The summed E-state index contributed by atoms with van der Waals surface area (Å²) in [4.78, 5) is 73.0. The molecule has 0 aliphatic rings. The molecular weight excluding hydrogens is 1380 g/mol. The molecule has 0 radical (unpaired) electrons. The number of rotatable bonds is 73. The van der Waals surface area contributed by atoms with E-state index in [9.17, 15) is 43.2 Å². The minimum atomic E-state index is -5.02. The van der Waals surface area contributed by atoms with Gasteiger partial charge in [0.15, 0.2) is 12.2 Å². The molecule has 2 unspecified atom stereocenters. The van der Waals surface area contributed by atoms with Crippen LogP contribution >= 0.6 is 15.6 Å². The molecular formula is C87H140O17P2. The Labute approximate surface area is 641 Å². The highest BCUT2D eigenvalue weighted by molar-refractivity contribution is 7.47. The summed E-state index contributed by atoms with van der Waals surface area (Å²) < 4.78 is 68.4. The number of allylic oxidation sites excluding steroid dienone is 30. The molecule has 17 nitrogen and oxygen atoms in total. The van der Waals surface area contributed by atoms with Crippen LogP contribution in [0.3, 0.4) is 0 Å². The van der Waals surface area contributed by atoms with Crippen molar-refractivity contribution in [1.82, 2.24) is 0 Å². The van der Waals surface area contributed by atoms with E-state index in [1.807, 2.05) is 36.5 Å². The fourth-order valence-electron chi connectivity index (χ4n) is 9.82. The highest BCUT2D eigenvalue weighted by Gasteiger charge is 2.30. The van der Waals surface area contributed by atoms with Crippen LogP contribution in [0, 0.1) is 0 Å². The van der Waals surface area contributed by atoms with Crippen LogP contribution in [0.1, 0.15) is 285 Å². The number of aliphatic hydroxyl groups excluding tert-OH is 1. The number of hydrogen-bond acceptors (Lipinski definition) is 15. The molecule has 5 atom stereocenters. The second-order valence-corrected chi connectivity index (χ2v) is 28.8. The van der Waals surface area contributed by atoms with E-state index in [1.165, 1.54) is 44.9 Å². The van der Waals surface area contributed by atoms with Crippen molar-refractivity contribution in [3.8, 4) is 0 Å². The molecule has 0 bridgehead atoms. The summed E-state index contributed by atoms with van der Waals surface area (Å²) >= 11 is 0. The van der Waals surface area contributed by atoms with Crippen molar-refractivity contribution in [1.29, 1.82) is 0 Å². The molecule has 0 aromatic rings. The third kappa shape index (κ3) is 76.4. The number of aliphatic hydroxyl groups is 1. The highest BCUT2D eigenvalue weighted by atomic mass is 31.2. The predicted octanol–water partition coefficient (Wildman–Crippen LogP) is 23.6. The molecule has 0 spiro atoms. The van der Waals surface area contributed by atoms with Gasteiger partial charge in [0.25, 0.3) is 0 Å². The van der Waals surface area contributed by atoms with Gasteiger partial charge in [-0.2, -0.15) is 0 Å². The maximum absolute atomic E-state index is 13.1. The zero-order valence-corrected chi connectivity index (χ0v) is 67.3. The Balaban J connectivity index is 5.54. The van der Waals surface area contributed by atoms with E-state index >= 15 is 0 Å². The Morgan fingerprint density at radius 3 is 0.858 bits per heavy atom. The molecule has 0 aromatic heterocycles. The van der Waals surface area contributed by atoms with Gasteiger partial charge in [-0.25, -0.2) is 9.13 Å². The number of hydrogen-bond donors (Lipinski definition) is 3. The molecule has 0 saturated carbocycles. The van der Waals surface area contributed by atoms with E-state index in [-0.39, 0.29) is 25.7 Å². The summed E-state index contributed by atoms with van der Waals surface area (Å²) in [6, 6.07) is 0. The van der Waals surface area contributed by atoms with E-state index in [4.69, 9.17) is 37.0 Å². The van der Waals surface area contributed by atoms with E-state index in [0.717, 1.165) is 148 Å². The first-order valence-electron chi connectivity index (χ1n) is 40.0. The van der Waals surface area contributed by atoms with Crippen LogP contribution in [0.4, 0.5) is 0 Å². The van der Waals surface area contributed by atoms with Crippen molar-refractivity contribution in [3.05, 3.63) is 182 Å². The standard InChI is InChI=1S/C87H140O17P2/c1-5-9-13-17-21-25-29-33-36-38-40-42-45-49-52-56-60-64-68-72-85(90)98-78-83(104-87(92)74-70-66-62-58-54-50-46-43-41-39-37-34-30-26-22-18-14-10-6-2)80-102-106(95,96)100-76-81(88)75-99-105(93,94)101-79-82(103-86(91)73-69-65-61-57-53-47-32-28-24-20-16-12-8-4)77-97-84(89)71-67-63-59-55-51-48-44-35-31-27-23-19-15-11-7-3/h9-10,13-14,21-23,25-28,32-37,40-44,49-50,52,54,60,62,64,66,81-83,88H,5-8,11-12,15-20,24,29-31,38-39,45-48,51,53,55-59,61,63,65,67-80H2,1-4H3,(H,93,94)(H,95,96)/b13-9-,14-10-,25-21-,26-22-,27-23-,32-28-,36-33-,37-34-,42-40-,43-41-,44-35-,52-49-,54-50-,64-60-,66-62-/t81-,82+,83+/m0/s1. The monoisotopic (exact) mass is 1520 g/mol. The number of unbranched alkanes of at least 4 members (excludes halogenated alkanes) is 17. The van der Waals surface area contributed by atoms with Gasteiger partial charge in [-0.05, 0) is 161 Å². The SMILES string of the molecule is CC/C=C\C/C=C\C/C=C\C/C=C\C/C=C\C/C=C\CCC(=O)OC[C@H](COP(=O)(O)OC[C@@H](O)COP(=O)(O)OC[C@@H](COC(=O)CCCCCCC/C=C\C/C=C\CCCCC)OC(=O)CCCCCCC/C=C\CCCCCC)OC(=O)CC/C=C\C/C=C\C/C=C\C/C=C\C/C=C\C/C=C\CC. The van der Waals surface area contributed by atoms with Crippen LogP contribution in [0.25, 0.3) is 0 Å². The number of ether oxygens (including phenoxy) is 4. The summed E-state index contributed by atoms with van der Waals surface area (Å²) in [5.41, 5.74) is 0. The lowest BCUT2D eigenvalue weighted by molar-refractivity contribution is -0.161. The van der Waals surface area contributed by atoms with Crippen LogP contribution in [0.5, 0.6) is 0 Å². The Hall–Kier alpha value is -5.84. The zero-order valence-electron chi connectivity index (χ0n) is 65.5. The van der Waals surface area contributed by atoms with Crippen LogP contribution < -0.4 is 0 Å². The molecule has 0 fully saturated rings. The molecule has 0 heterocycles. The third-order valence-corrected chi connectivity index (χ3v) is 17.8. The normalized spacial score (nSPS) is 14.8. The Bertz CT molecular complexity index is 2730. The summed E-state index contributed by atoms with van der Waals surface area (Å²) in [5.74, 6) is -2.41. The molecule has 3 N–H and O–H groups in total. The average molecular weight is 1520 g/mol. The molecule has 0 aliphatic carbocycles. The fraction of sp³-hybridized carbons (Fsp3) is 0.609. The van der Waals surface area contributed by atoms with Crippen molar-refractivity contribution >= 4 is 39.5 Å². The quantitative estimate of drug-likeness (QED) is 0.0169. The van der Waals surface area contributed by atoms with E-state index in [2.05, 4.69) is 174 Å². The van der Waals surface area contributed by atoms with Crippen LogP contribution in [0.2, 0.25) is 0 Å². The lowest BCUT2D eigenvalue weighted by atomic mass is 10.1. The summed E-state index contributed by atoms with van der Waals surface area (Å²) in [5, 5.41) is 10.6. The lowest BCUT2D eigenvalue weighted by Crippen LogP contribution is -2.30. The maximum Gasteiger partial charge on any atom is 0.472 e. The number of phosphoric ester groups is 2. The van der Waals surface area contributed by atoms with Crippen LogP contribution in [-0.2, 0) is 65.4 Å². The second kappa shape index (κ2) is 77.3. The maximum atomic E-state index is 13.1. The van der Waals surface area contributed by atoms with Crippen molar-refractivity contribution < 1.29 is 80.2 Å². The van der Waals surface area contributed by atoms with Crippen molar-refractivity contribution in [2.24, 2.45) is 0 Å². The smallest absolute Gasteiger partial charge is 0.462 e. The average Bonchev–Trinajstić information content (AvgIpc) is 0.903. The molecule has 106 heavy (non-hydrogen) atoms. The van der Waals surface area contributed by atoms with Gasteiger partial charge < -0.3 is 33.8 Å². The van der Waals surface area contributed by atoms with Crippen molar-refractivity contribution in [2.75, 3.05) is 39.6 Å². The number of carbonyl (C=O) groups excluding carboxylic acids is 4. The van der Waals surface area contributed by atoms with Crippen LogP contribution in [0.15, 0.2) is 182 Å². The second-order valence-electron chi connectivity index (χ2n) is 25.9. The first-order chi connectivity index (χ1) is 51.7. The van der Waals surface area contributed by atoms with Gasteiger partial charge >= 0.3 is 39.5 Å². The van der Waals surface area contributed by atoms with Gasteiger partial charge in [-0.15, -0.1) is 0 Å². The first kappa shape index (κ1) is 100. The van der Waals surface area contributed by atoms with E-state index in [1.54, 1.807) is 0 Å². The number of phosphoric acid groups is 2. The predicted molar refractivity (Wildman–Crippen MR) is 436 cm³/mol. The largest absolute Gasteiger partial charge is 0.472 e. The zero-order chi connectivity index (χ0) is 77.4. The van der Waals surface area contributed by atoms with Gasteiger partial charge in [0.2, 0.25) is 0 Å². The van der Waals surface area contributed by atoms with Gasteiger partial charge in [0.1, 0.15) is 19.3 Å². The first-order valence-corrected chi connectivity index (χ1v) is 43.0. The molecule has 0 aliphatic heterocycles. The summed E-state index contributed by atoms with van der Waals surface area (Å²) in [7, 11) is -10.0. The topological polar surface area (TPSA) is 237 Å². The molecule has 0 rings (SSSR count). The van der Waals surface area contributed by atoms with E-state index in [0.29, 0.717) is 38.5 Å². The van der Waals surface area contributed by atoms with Gasteiger partial charge in [-0.1, -0.05) is 281 Å². The molecule has 600 valence electrons. The third-order valence-electron chi connectivity index (χ3n) is 15.9. The Morgan fingerprint density at radius 2 is 0.509 bits per heavy atom. The van der Waals surface area contributed by atoms with Crippen LogP contribution in [-0.4, -0.2) is 96.7 Å².